The zero-order chi connectivity index (χ0) is 17.2. The van der Waals surface area contributed by atoms with Crippen molar-refractivity contribution in [3.8, 4) is 0 Å². The molecule has 0 amide bonds. The zero-order valence-electron chi connectivity index (χ0n) is 14.4. The van der Waals surface area contributed by atoms with Crippen molar-refractivity contribution in [3.63, 3.8) is 0 Å². The van der Waals surface area contributed by atoms with Crippen LogP contribution >= 0.6 is 11.6 Å². The third-order valence-corrected chi connectivity index (χ3v) is 7.78. The Labute approximate surface area is 142 Å². The highest BCUT2D eigenvalue weighted by Crippen LogP contribution is 2.75. The highest BCUT2D eigenvalue weighted by Gasteiger charge is 2.75. The molecule has 4 atom stereocenters. The minimum absolute atomic E-state index is 0.0543. The number of halogens is 1. The first-order valence-electron chi connectivity index (χ1n) is 8.14. The summed E-state index contributed by atoms with van der Waals surface area (Å²) in [5.41, 5.74) is 3.04. The van der Waals surface area contributed by atoms with Crippen LogP contribution in [0.4, 0.5) is 0 Å². The van der Waals surface area contributed by atoms with Crippen LogP contribution < -0.4 is 0 Å². The monoisotopic (exact) mass is 333 g/mol. The van der Waals surface area contributed by atoms with E-state index in [0.717, 1.165) is 11.4 Å². The highest BCUT2D eigenvalue weighted by molar-refractivity contribution is 6.30. The number of nitro groups is 1. The maximum Gasteiger partial charge on any atom is 0.223 e. The Morgan fingerprint density at radius 2 is 1.74 bits per heavy atom. The lowest BCUT2D eigenvalue weighted by atomic mass is 9.58. The third-order valence-electron chi connectivity index (χ3n) is 7.53. The Balaban J connectivity index is 2.11. The van der Waals surface area contributed by atoms with Gasteiger partial charge in [0.25, 0.3) is 0 Å². The number of rotatable bonds is 3. The predicted molar refractivity (Wildman–Crippen MR) is 93.3 cm³/mol. The standard InChI is InChI=1S/C19H24ClNO2/c1-12-13(2)19(5)16(21(22)23)11-17(12,3)18(19,4)10-14-6-8-15(20)9-7-14/h6-9,16H,10-11H2,1-5H3/t16-,17-,18?,19-/m1/s1. The normalized spacial score (nSPS) is 39.1. The largest absolute Gasteiger partial charge is 0.264 e. The van der Waals surface area contributed by atoms with Crippen molar-refractivity contribution in [2.24, 2.45) is 16.2 Å². The summed E-state index contributed by atoms with van der Waals surface area (Å²) in [6.07, 6.45) is 1.46. The van der Waals surface area contributed by atoms with Crippen LogP contribution in [-0.4, -0.2) is 11.0 Å². The van der Waals surface area contributed by atoms with E-state index in [-0.39, 0.29) is 15.8 Å². The number of fused-ring (bicyclic) bond motifs is 2. The molecule has 0 radical (unpaired) electrons. The molecule has 0 heterocycles. The van der Waals surface area contributed by atoms with Crippen molar-refractivity contribution in [3.05, 3.63) is 56.1 Å². The van der Waals surface area contributed by atoms with Gasteiger partial charge in [-0.25, -0.2) is 0 Å². The predicted octanol–water partition coefficient (Wildman–Crippen LogP) is 5.30. The summed E-state index contributed by atoms with van der Waals surface area (Å²) in [6, 6.07) is 7.39. The van der Waals surface area contributed by atoms with Gasteiger partial charge in [0.05, 0.1) is 5.41 Å². The highest BCUT2D eigenvalue weighted by atomic mass is 35.5. The van der Waals surface area contributed by atoms with E-state index in [9.17, 15) is 10.1 Å². The van der Waals surface area contributed by atoms with Crippen molar-refractivity contribution < 1.29 is 4.92 Å². The molecule has 0 saturated heterocycles. The summed E-state index contributed by atoms with van der Waals surface area (Å²) in [7, 11) is 0. The molecule has 2 bridgehead atoms. The molecule has 0 spiro atoms. The molecule has 1 aromatic carbocycles. The second kappa shape index (κ2) is 4.83. The second-order valence-corrected chi connectivity index (χ2v) is 8.36. The lowest BCUT2D eigenvalue weighted by molar-refractivity contribution is -0.538. The molecule has 0 aromatic heterocycles. The summed E-state index contributed by atoms with van der Waals surface area (Å²) >= 11 is 6.00. The van der Waals surface area contributed by atoms with Crippen LogP contribution in [0, 0.1) is 26.4 Å². The van der Waals surface area contributed by atoms with Crippen molar-refractivity contribution in [1.29, 1.82) is 0 Å². The first-order chi connectivity index (χ1) is 10.6. The maximum absolute atomic E-state index is 11.7. The van der Waals surface area contributed by atoms with E-state index in [4.69, 9.17) is 11.6 Å². The number of benzene rings is 1. The molecule has 3 rings (SSSR count). The fraction of sp³-hybridized carbons (Fsp3) is 0.579. The average molecular weight is 334 g/mol. The van der Waals surface area contributed by atoms with E-state index in [1.807, 2.05) is 24.3 Å². The van der Waals surface area contributed by atoms with Crippen LogP contribution in [-0.2, 0) is 6.42 Å². The molecule has 124 valence electrons. The minimum atomic E-state index is -0.506. The van der Waals surface area contributed by atoms with Gasteiger partial charge in [-0.1, -0.05) is 48.7 Å². The van der Waals surface area contributed by atoms with Crippen molar-refractivity contribution in [2.45, 2.75) is 53.5 Å². The molecule has 1 fully saturated rings. The van der Waals surface area contributed by atoms with Crippen LogP contribution in [0.1, 0.15) is 46.6 Å². The van der Waals surface area contributed by atoms with E-state index in [2.05, 4.69) is 34.6 Å². The molecule has 23 heavy (non-hydrogen) atoms. The molecule has 0 N–H and O–H groups in total. The van der Waals surface area contributed by atoms with Crippen molar-refractivity contribution >= 4 is 11.6 Å². The van der Waals surface area contributed by atoms with Crippen molar-refractivity contribution in [1.82, 2.24) is 0 Å². The van der Waals surface area contributed by atoms with Crippen LogP contribution in [0.15, 0.2) is 35.4 Å². The van der Waals surface area contributed by atoms with Gasteiger partial charge in [0.15, 0.2) is 0 Å². The Morgan fingerprint density at radius 3 is 2.26 bits per heavy atom. The van der Waals surface area contributed by atoms with Gasteiger partial charge in [0.1, 0.15) is 0 Å². The van der Waals surface area contributed by atoms with E-state index in [0.29, 0.717) is 6.42 Å². The maximum atomic E-state index is 11.7. The van der Waals surface area contributed by atoms with Crippen LogP contribution in [0.3, 0.4) is 0 Å². The van der Waals surface area contributed by atoms with Crippen LogP contribution in [0.25, 0.3) is 0 Å². The average Bonchev–Trinajstić information content (AvgIpc) is 2.73. The van der Waals surface area contributed by atoms with E-state index < -0.39 is 11.5 Å². The Hall–Kier alpha value is -1.35. The summed E-state index contributed by atoms with van der Waals surface area (Å²) in [6.45, 7) is 10.8. The summed E-state index contributed by atoms with van der Waals surface area (Å²) < 4.78 is 0. The molecule has 1 saturated carbocycles. The lowest BCUT2D eigenvalue weighted by Gasteiger charge is -2.43. The zero-order valence-corrected chi connectivity index (χ0v) is 15.2. The smallest absolute Gasteiger partial charge is 0.223 e. The van der Waals surface area contributed by atoms with Gasteiger partial charge in [0, 0.05) is 21.8 Å². The molecule has 1 aromatic rings. The lowest BCUT2D eigenvalue weighted by Crippen LogP contribution is -2.45. The molecule has 0 aliphatic heterocycles. The first-order valence-corrected chi connectivity index (χ1v) is 8.52. The van der Waals surface area contributed by atoms with E-state index in [1.54, 1.807) is 0 Å². The van der Waals surface area contributed by atoms with Crippen LogP contribution in [0.2, 0.25) is 5.02 Å². The molecule has 1 unspecified atom stereocenters. The van der Waals surface area contributed by atoms with Crippen LogP contribution in [0.5, 0.6) is 0 Å². The molecular formula is C19H24ClNO2. The topological polar surface area (TPSA) is 43.1 Å². The number of nitrogens with zero attached hydrogens (tertiary/aromatic N) is 1. The molecule has 4 heteroatoms. The number of hydrogen-bond donors (Lipinski definition) is 0. The van der Waals surface area contributed by atoms with Gasteiger partial charge >= 0.3 is 0 Å². The number of allylic oxidation sites excluding steroid dienone is 1. The Morgan fingerprint density at radius 1 is 1.17 bits per heavy atom. The van der Waals surface area contributed by atoms with Gasteiger partial charge in [-0.15, -0.1) is 0 Å². The van der Waals surface area contributed by atoms with Gasteiger partial charge < -0.3 is 0 Å². The van der Waals surface area contributed by atoms with Gasteiger partial charge in [0.2, 0.25) is 6.04 Å². The Kier molecular flexibility index (Phi) is 3.46. The second-order valence-electron chi connectivity index (χ2n) is 7.93. The fourth-order valence-electron chi connectivity index (χ4n) is 5.47. The fourth-order valence-corrected chi connectivity index (χ4v) is 5.59. The van der Waals surface area contributed by atoms with Crippen molar-refractivity contribution in [2.75, 3.05) is 0 Å². The SMILES string of the molecule is CC1=C(C)[C@]2(C)[C@H]([N+](=O)[O-])C[C@@]1(C)C2(C)Cc1ccc(Cl)cc1. The summed E-state index contributed by atoms with van der Waals surface area (Å²) in [5, 5.41) is 12.5. The quantitative estimate of drug-likeness (QED) is 0.428. The first kappa shape index (κ1) is 16.5. The van der Waals surface area contributed by atoms with Gasteiger partial charge in [-0.3, -0.25) is 10.1 Å². The summed E-state index contributed by atoms with van der Waals surface area (Å²) in [5.74, 6) is 0. The summed E-state index contributed by atoms with van der Waals surface area (Å²) in [4.78, 5) is 11.7. The minimum Gasteiger partial charge on any atom is -0.264 e. The van der Waals surface area contributed by atoms with Gasteiger partial charge in [-0.2, -0.15) is 0 Å². The molecule has 2 aliphatic rings. The molecule has 2 aliphatic carbocycles. The van der Waals surface area contributed by atoms with Gasteiger partial charge in [-0.05, 0) is 50.3 Å². The van der Waals surface area contributed by atoms with E-state index in [1.165, 1.54) is 16.7 Å². The van der Waals surface area contributed by atoms with E-state index >= 15 is 0 Å². The molecule has 3 nitrogen and oxygen atoms in total. The number of hydrogen-bond acceptors (Lipinski definition) is 2. The third kappa shape index (κ3) is 1.83. The molecular weight excluding hydrogens is 310 g/mol. The Bertz CT molecular complexity index is 711.